The highest BCUT2D eigenvalue weighted by Gasteiger charge is 2.41. The number of amides is 1. The maximum absolute atomic E-state index is 12.2. The van der Waals surface area contributed by atoms with E-state index in [1.807, 2.05) is 19.1 Å². The average Bonchev–Trinajstić information content (AvgIpc) is 3.36. The second kappa shape index (κ2) is 8.84. The van der Waals surface area contributed by atoms with Gasteiger partial charge in [0.15, 0.2) is 0 Å². The van der Waals surface area contributed by atoms with Gasteiger partial charge in [0.25, 0.3) is 0 Å². The standard InChI is InChI=1S/C18H23ClN4O2.ClH/c1-18(11-20,13-7-8-13)22-15(24)3-2-4-16-21-17(23-25-16)12-5-9-14(19)10-6-12;/h5-6,9-10,13H,2-4,7-8,11,20H2,1H3,(H,22,24);1H. The van der Waals surface area contributed by atoms with Crippen molar-refractivity contribution < 1.29 is 9.32 Å². The molecule has 142 valence electrons. The summed E-state index contributed by atoms with van der Waals surface area (Å²) in [5.74, 6) is 1.60. The summed E-state index contributed by atoms with van der Waals surface area (Å²) in [6.45, 7) is 2.50. The van der Waals surface area contributed by atoms with Gasteiger partial charge < -0.3 is 15.6 Å². The molecular formula is C18H24Cl2N4O2. The highest BCUT2D eigenvalue weighted by molar-refractivity contribution is 6.30. The second-order valence-corrected chi connectivity index (χ2v) is 7.25. The zero-order valence-electron chi connectivity index (χ0n) is 14.7. The number of hydrogen-bond acceptors (Lipinski definition) is 5. The Hall–Kier alpha value is -1.63. The van der Waals surface area contributed by atoms with Gasteiger partial charge in [-0.3, -0.25) is 4.79 Å². The molecule has 0 aliphatic heterocycles. The first-order valence-corrected chi connectivity index (χ1v) is 8.97. The Labute approximate surface area is 164 Å². The molecule has 0 spiro atoms. The first-order valence-electron chi connectivity index (χ1n) is 8.60. The Morgan fingerprint density at radius 2 is 2.08 bits per heavy atom. The van der Waals surface area contributed by atoms with Crippen molar-refractivity contribution in [3.8, 4) is 11.4 Å². The number of benzene rings is 1. The lowest BCUT2D eigenvalue weighted by molar-refractivity contribution is -0.123. The molecule has 1 fully saturated rings. The quantitative estimate of drug-likeness (QED) is 0.710. The van der Waals surface area contributed by atoms with Gasteiger partial charge >= 0.3 is 0 Å². The first kappa shape index (κ1) is 20.7. The van der Waals surface area contributed by atoms with Crippen molar-refractivity contribution in [2.75, 3.05) is 6.54 Å². The van der Waals surface area contributed by atoms with E-state index in [9.17, 15) is 4.79 Å². The van der Waals surface area contributed by atoms with Crippen molar-refractivity contribution in [2.45, 2.75) is 44.6 Å². The van der Waals surface area contributed by atoms with Gasteiger partial charge in [-0.15, -0.1) is 12.4 Å². The molecule has 1 amide bonds. The molecule has 3 N–H and O–H groups in total. The predicted molar refractivity (Wildman–Crippen MR) is 103 cm³/mol. The topological polar surface area (TPSA) is 94.0 Å². The molecular weight excluding hydrogens is 375 g/mol. The molecule has 6 nitrogen and oxygen atoms in total. The summed E-state index contributed by atoms with van der Waals surface area (Å²) in [6.07, 6.45) is 3.92. The van der Waals surface area contributed by atoms with E-state index in [1.165, 1.54) is 0 Å². The molecule has 1 saturated carbocycles. The van der Waals surface area contributed by atoms with Crippen LogP contribution in [0.1, 0.15) is 38.5 Å². The van der Waals surface area contributed by atoms with Crippen LogP contribution in [0.4, 0.5) is 0 Å². The molecule has 1 aliphatic carbocycles. The van der Waals surface area contributed by atoms with Crippen molar-refractivity contribution in [3.05, 3.63) is 35.2 Å². The first-order chi connectivity index (χ1) is 12.0. The van der Waals surface area contributed by atoms with Crippen LogP contribution in [0.5, 0.6) is 0 Å². The number of aromatic nitrogens is 2. The third-order valence-corrected chi connectivity index (χ3v) is 4.94. The maximum atomic E-state index is 12.2. The second-order valence-electron chi connectivity index (χ2n) is 6.82. The summed E-state index contributed by atoms with van der Waals surface area (Å²) < 4.78 is 5.26. The number of nitrogens with zero attached hydrogens (tertiary/aromatic N) is 2. The SMILES string of the molecule is CC(CN)(NC(=O)CCCc1nc(-c2ccc(Cl)cc2)no1)C1CC1.Cl. The van der Waals surface area contributed by atoms with Crippen molar-refractivity contribution in [2.24, 2.45) is 11.7 Å². The molecule has 1 heterocycles. The van der Waals surface area contributed by atoms with E-state index in [2.05, 4.69) is 15.5 Å². The molecule has 8 heteroatoms. The lowest BCUT2D eigenvalue weighted by Crippen LogP contribution is -2.53. The van der Waals surface area contributed by atoms with Crippen LogP contribution in [-0.4, -0.2) is 28.1 Å². The molecule has 0 bridgehead atoms. The Morgan fingerprint density at radius 1 is 1.38 bits per heavy atom. The van der Waals surface area contributed by atoms with Crippen molar-refractivity contribution in [1.82, 2.24) is 15.5 Å². The average molecular weight is 399 g/mol. The Morgan fingerprint density at radius 3 is 2.69 bits per heavy atom. The zero-order chi connectivity index (χ0) is 17.9. The third kappa shape index (κ3) is 5.19. The number of carbonyl (C=O) groups excluding carboxylic acids is 1. The van der Waals surface area contributed by atoms with E-state index < -0.39 is 0 Å². The smallest absolute Gasteiger partial charge is 0.226 e. The molecule has 26 heavy (non-hydrogen) atoms. The minimum absolute atomic E-state index is 0. The van der Waals surface area contributed by atoms with Gasteiger partial charge in [-0.05, 0) is 56.4 Å². The summed E-state index contributed by atoms with van der Waals surface area (Å²) in [5.41, 5.74) is 6.40. The molecule has 2 aromatic rings. The van der Waals surface area contributed by atoms with Crippen LogP contribution in [0.2, 0.25) is 5.02 Å². The lowest BCUT2D eigenvalue weighted by Gasteiger charge is -2.29. The van der Waals surface area contributed by atoms with Gasteiger partial charge in [-0.2, -0.15) is 4.98 Å². The fourth-order valence-corrected chi connectivity index (χ4v) is 3.02. The number of halogens is 2. The van der Waals surface area contributed by atoms with Crippen LogP contribution >= 0.6 is 24.0 Å². The fourth-order valence-electron chi connectivity index (χ4n) is 2.89. The van der Waals surface area contributed by atoms with Crippen LogP contribution in [0, 0.1) is 5.92 Å². The third-order valence-electron chi connectivity index (χ3n) is 4.69. The summed E-state index contributed by atoms with van der Waals surface area (Å²) >= 11 is 5.87. The van der Waals surface area contributed by atoms with Crippen LogP contribution in [0.3, 0.4) is 0 Å². The van der Waals surface area contributed by atoms with Crippen molar-refractivity contribution in [3.63, 3.8) is 0 Å². The van der Waals surface area contributed by atoms with E-state index in [1.54, 1.807) is 12.1 Å². The molecule has 0 radical (unpaired) electrons. The molecule has 1 atom stereocenters. The van der Waals surface area contributed by atoms with Gasteiger partial charge in [0, 0.05) is 30.0 Å². The van der Waals surface area contributed by atoms with Crippen LogP contribution < -0.4 is 11.1 Å². The molecule has 3 rings (SSSR count). The van der Waals surface area contributed by atoms with Crippen LogP contribution in [-0.2, 0) is 11.2 Å². The normalized spacial score (nSPS) is 15.8. The Balaban J connectivity index is 0.00000243. The molecule has 1 aliphatic rings. The van der Waals surface area contributed by atoms with E-state index in [0.717, 1.165) is 18.4 Å². The summed E-state index contributed by atoms with van der Waals surface area (Å²) in [7, 11) is 0. The maximum Gasteiger partial charge on any atom is 0.226 e. The number of rotatable bonds is 8. The van der Waals surface area contributed by atoms with E-state index in [4.69, 9.17) is 21.9 Å². The van der Waals surface area contributed by atoms with E-state index >= 15 is 0 Å². The Kier molecular flexibility index (Phi) is 7.03. The zero-order valence-corrected chi connectivity index (χ0v) is 16.3. The van der Waals surface area contributed by atoms with Crippen molar-refractivity contribution >= 4 is 29.9 Å². The minimum Gasteiger partial charge on any atom is -0.349 e. The molecule has 1 aromatic heterocycles. The van der Waals surface area contributed by atoms with E-state index in [0.29, 0.717) is 48.5 Å². The monoisotopic (exact) mass is 398 g/mol. The number of hydrogen-bond donors (Lipinski definition) is 2. The molecule has 0 saturated heterocycles. The summed E-state index contributed by atoms with van der Waals surface area (Å²) in [4.78, 5) is 16.5. The summed E-state index contributed by atoms with van der Waals surface area (Å²) in [5, 5.41) is 7.72. The largest absolute Gasteiger partial charge is 0.349 e. The van der Waals surface area contributed by atoms with Gasteiger partial charge in [-0.1, -0.05) is 16.8 Å². The van der Waals surface area contributed by atoms with E-state index in [-0.39, 0.29) is 23.9 Å². The number of nitrogens with one attached hydrogen (secondary N) is 1. The number of carbonyl (C=O) groups is 1. The highest BCUT2D eigenvalue weighted by atomic mass is 35.5. The van der Waals surface area contributed by atoms with Gasteiger partial charge in [0.1, 0.15) is 0 Å². The Bertz CT molecular complexity index is 731. The summed E-state index contributed by atoms with van der Waals surface area (Å²) in [6, 6.07) is 7.25. The lowest BCUT2D eigenvalue weighted by atomic mass is 9.95. The molecule has 1 aromatic carbocycles. The fraction of sp³-hybridized carbons (Fsp3) is 0.500. The highest BCUT2D eigenvalue weighted by Crippen LogP contribution is 2.39. The minimum atomic E-state index is -0.274. The number of aryl methyl sites for hydroxylation is 1. The van der Waals surface area contributed by atoms with Gasteiger partial charge in [0.2, 0.25) is 17.6 Å². The predicted octanol–water partition coefficient (Wildman–Crippen LogP) is 3.38. The number of nitrogens with two attached hydrogens (primary N) is 1. The molecule has 1 unspecified atom stereocenters. The van der Waals surface area contributed by atoms with Crippen LogP contribution in [0.25, 0.3) is 11.4 Å². The van der Waals surface area contributed by atoms with Gasteiger partial charge in [-0.25, -0.2) is 0 Å². The van der Waals surface area contributed by atoms with Crippen molar-refractivity contribution in [1.29, 1.82) is 0 Å². The van der Waals surface area contributed by atoms with Gasteiger partial charge in [0.05, 0.1) is 5.54 Å². The van der Waals surface area contributed by atoms with Crippen LogP contribution in [0.15, 0.2) is 28.8 Å².